The average Bonchev–Trinajstić information content (AvgIpc) is 2.72. The van der Waals surface area contributed by atoms with Gasteiger partial charge in [-0.3, -0.25) is 9.78 Å². The molecule has 0 spiro atoms. The summed E-state index contributed by atoms with van der Waals surface area (Å²) in [6.07, 6.45) is 4.76. The molecule has 2 aromatic rings. The molecule has 2 heterocycles. The van der Waals surface area contributed by atoms with Crippen LogP contribution < -0.4 is 0 Å². The Bertz CT molecular complexity index is 645. The summed E-state index contributed by atoms with van der Waals surface area (Å²) in [4.78, 5) is 14.5. The lowest BCUT2D eigenvalue weighted by molar-refractivity contribution is 0.112. The number of carbonyl (C=O) groups excluding carboxylic acids is 1. The third kappa shape index (κ3) is 1.87. The van der Waals surface area contributed by atoms with Gasteiger partial charge in [0.2, 0.25) is 0 Å². The van der Waals surface area contributed by atoms with Gasteiger partial charge in [0.15, 0.2) is 6.29 Å². The van der Waals surface area contributed by atoms with Crippen LogP contribution in [0, 0.1) is 6.92 Å². The van der Waals surface area contributed by atoms with Crippen LogP contribution >= 0.6 is 0 Å². The van der Waals surface area contributed by atoms with Crippen molar-refractivity contribution >= 4 is 16.3 Å². The molecule has 0 atom stereocenters. The van der Waals surface area contributed by atoms with Gasteiger partial charge in [-0.15, -0.1) is 0 Å². The fraction of sp³-hybridized carbons (Fsp3) is 0.0909. The quantitative estimate of drug-likeness (QED) is 0.768. The minimum absolute atomic E-state index is 0.0937. The molecule has 6 heteroatoms. The molecule has 0 fully saturated rings. The molecule has 88 valence electrons. The molecule has 2 rings (SSSR count). The molecule has 0 radical (unpaired) electrons. The highest BCUT2D eigenvalue weighted by Crippen LogP contribution is 2.17. The predicted molar refractivity (Wildman–Crippen MR) is 61.4 cm³/mol. The summed E-state index contributed by atoms with van der Waals surface area (Å²) in [5.41, 5.74) is 0.751. The first-order chi connectivity index (χ1) is 8.07. The molecule has 0 saturated heterocycles. The van der Waals surface area contributed by atoms with E-state index in [9.17, 15) is 13.2 Å². The summed E-state index contributed by atoms with van der Waals surface area (Å²) in [5, 5.41) is 0. The van der Waals surface area contributed by atoms with Gasteiger partial charge in [-0.05, 0) is 25.1 Å². The minimum atomic E-state index is -3.66. The van der Waals surface area contributed by atoms with E-state index in [2.05, 4.69) is 4.98 Å². The Balaban J connectivity index is 2.60. The van der Waals surface area contributed by atoms with Crippen molar-refractivity contribution in [1.82, 2.24) is 8.96 Å². The second kappa shape index (κ2) is 4.14. The van der Waals surface area contributed by atoms with E-state index in [1.54, 1.807) is 13.0 Å². The lowest BCUT2D eigenvalue weighted by atomic mass is 10.3. The van der Waals surface area contributed by atoms with Gasteiger partial charge in [-0.2, -0.15) is 0 Å². The predicted octanol–water partition coefficient (Wildman–Crippen LogP) is 1.24. The molecular formula is C11H10N2O3S. The van der Waals surface area contributed by atoms with Gasteiger partial charge in [-0.25, -0.2) is 12.4 Å². The molecule has 0 unspecified atom stereocenters. The van der Waals surface area contributed by atoms with Crippen molar-refractivity contribution in [3.8, 4) is 0 Å². The van der Waals surface area contributed by atoms with Crippen LogP contribution in [0.2, 0.25) is 0 Å². The maximum absolute atomic E-state index is 12.2. The topological polar surface area (TPSA) is 69.0 Å². The summed E-state index contributed by atoms with van der Waals surface area (Å²) in [6.45, 7) is 1.58. The molecule has 0 aliphatic carbocycles. The van der Waals surface area contributed by atoms with Crippen LogP contribution in [-0.2, 0) is 10.0 Å². The maximum atomic E-state index is 12.2. The Morgan fingerprint density at radius 2 is 2.12 bits per heavy atom. The highest BCUT2D eigenvalue weighted by molar-refractivity contribution is 7.90. The Hall–Kier alpha value is -1.95. The van der Waals surface area contributed by atoms with Crippen molar-refractivity contribution in [2.24, 2.45) is 0 Å². The van der Waals surface area contributed by atoms with Crippen LogP contribution in [0.5, 0.6) is 0 Å². The van der Waals surface area contributed by atoms with Crippen molar-refractivity contribution < 1.29 is 13.2 Å². The second-order valence-corrected chi connectivity index (χ2v) is 5.28. The Labute approximate surface area is 98.8 Å². The third-order valence-electron chi connectivity index (χ3n) is 2.46. The van der Waals surface area contributed by atoms with Gasteiger partial charge in [0.1, 0.15) is 4.90 Å². The van der Waals surface area contributed by atoms with Crippen LogP contribution in [0.4, 0.5) is 0 Å². The fourth-order valence-corrected chi connectivity index (χ4v) is 2.86. The zero-order valence-electron chi connectivity index (χ0n) is 9.07. The summed E-state index contributed by atoms with van der Waals surface area (Å²) in [7, 11) is -3.66. The molecule has 5 nitrogen and oxygen atoms in total. The highest BCUT2D eigenvalue weighted by atomic mass is 32.2. The van der Waals surface area contributed by atoms with Gasteiger partial charge in [-0.1, -0.05) is 0 Å². The summed E-state index contributed by atoms with van der Waals surface area (Å²) in [5.74, 6) is 0. The van der Waals surface area contributed by atoms with Crippen LogP contribution in [-0.4, -0.2) is 23.7 Å². The molecule has 0 bridgehead atoms. The van der Waals surface area contributed by atoms with Crippen molar-refractivity contribution in [3.05, 3.63) is 48.0 Å². The lowest BCUT2D eigenvalue weighted by Gasteiger charge is -2.07. The van der Waals surface area contributed by atoms with Crippen molar-refractivity contribution in [2.75, 3.05) is 0 Å². The van der Waals surface area contributed by atoms with Gasteiger partial charge in [0, 0.05) is 29.8 Å². The second-order valence-electron chi connectivity index (χ2n) is 3.46. The Kier molecular flexibility index (Phi) is 2.81. The molecule has 17 heavy (non-hydrogen) atoms. The minimum Gasteiger partial charge on any atom is -0.298 e. The normalized spacial score (nSPS) is 11.4. The standard InChI is InChI=1S/C11H10N2O3S/c1-9-10(8-14)4-6-13(9)17(15,16)11-3-2-5-12-7-11/h2-8H,1H3. The van der Waals surface area contributed by atoms with E-state index in [0.29, 0.717) is 17.5 Å². The number of nitrogens with zero attached hydrogens (tertiary/aromatic N) is 2. The SMILES string of the molecule is Cc1c(C=O)ccn1S(=O)(=O)c1cccnc1. The van der Waals surface area contributed by atoms with E-state index in [1.807, 2.05) is 0 Å². The van der Waals surface area contributed by atoms with E-state index in [0.717, 1.165) is 3.97 Å². The van der Waals surface area contributed by atoms with Crippen LogP contribution in [0.25, 0.3) is 0 Å². The van der Waals surface area contributed by atoms with Crippen molar-refractivity contribution in [2.45, 2.75) is 11.8 Å². The molecular weight excluding hydrogens is 240 g/mol. The zero-order chi connectivity index (χ0) is 12.5. The van der Waals surface area contributed by atoms with Crippen molar-refractivity contribution in [3.63, 3.8) is 0 Å². The number of aromatic nitrogens is 2. The van der Waals surface area contributed by atoms with Gasteiger partial charge in [0.25, 0.3) is 10.0 Å². The van der Waals surface area contributed by atoms with Crippen LogP contribution in [0.3, 0.4) is 0 Å². The number of hydrogen-bond acceptors (Lipinski definition) is 4. The molecule has 2 aromatic heterocycles. The van der Waals surface area contributed by atoms with Crippen molar-refractivity contribution in [1.29, 1.82) is 0 Å². The number of carbonyl (C=O) groups is 1. The number of aldehydes is 1. The summed E-state index contributed by atoms with van der Waals surface area (Å²) in [6, 6.07) is 4.48. The number of hydrogen-bond donors (Lipinski definition) is 0. The fourth-order valence-electron chi connectivity index (χ4n) is 1.51. The van der Waals surface area contributed by atoms with Crippen LogP contribution in [0.15, 0.2) is 41.7 Å². The van der Waals surface area contributed by atoms with Crippen LogP contribution in [0.1, 0.15) is 16.1 Å². The highest BCUT2D eigenvalue weighted by Gasteiger charge is 2.19. The lowest BCUT2D eigenvalue weighted by Crippen LogP contribution is -2.13. The van der Waals surface area contributed by atoms with E-state index in [1.165, 1.54) is 30.7 Å². The molecule has 0 amide bonds. The smallest absolute Gasteiger partial charge is 0.269 e. The molecule has 0 saturated carbocycles. The summed E-state index contributed by atoms with van der Waals surface area (Å²) < 4.78 is 25.5. The molecule has 0 aliphatic heterocycles. The number of rotatable bonds is 3. The maximum Gasteiger partial charge on any atom is 0.269 e. The van der Waals surface area contributed by atoms with E-state index in [4.69, 9.17) is 0 Å². The average molecular weight is 250 g/mol. The Morgan fingerprint density at radius 3 is 2.65 bits per heavy atom. The van der Waals surface area contributed by atoms with Gasteiger partial charge >= 0.3 is 0 Å². The molecule has 0 aliphatic rings. The molecule has 0 aromatic carbocycles. The van der Waals surface area contributed by atoms with Gasteiger partial charge in [0.05, 0.1) is 0 Å². The Morgan fingerprint density at radius 1 is 1.35 bits per heavy atom. The van der Waals surface area contributed by atoms with E-state index < -0.39 is 10.0 Å². The van der Waals surface area contributed by atoms with E-state index in [-0.39, 0.29) is 4.90 Å². The first-order valence-corrected chi connectivity index (χ1v) is 6.30. The monoisotopic (exact) mass is 250 g/mol. The van der Waals surface area contributed by atoms with E-state index >= 15 is 0 Å². The first-order valence-electron chi connectivity index (χ1n) is 4.86. The molecule has 0 N–H and O–H groups in total. The number of pyridine rings is 1. The summed E-state index contributed by atoms with van der Waals surface area (Å²) >= 11 is 0. The third-order valence-corrected chi connectivity index (χ3v) is 4.21. The first kappa shape index (κ1) is 11.5. The zero-order valence-corrected chi connectivity index (χ0v) is 9.89. The largest absolute Gasteiger partial charge is 0.298 e. The van der Waals surface area contributed by atoms with Gasteiger partial charge < -0.3 is 0 Å².